The summed E-state index contributed by atoms with van der Waals surface area (Å²) in [5, 5.41) is 12.7. The molecule has 0 saturated carbocycles. The van der Waals surface area contributed by atoms with Gasteiger partial charge in [-0.2, -0.15) is 10.4 Å². The molecule has 0 spiro atoms. The van der Waals surface area contributed by atoms with Crippen molar-refractivity contribution < 1.29 is 4.79 Å². The van der Waals surface area contributed by atoms with Crippen LogP contribution in [0.15, 0.2) is 53.6 Å². The molecule has 0 fully saturated rings. The van der Waals surface area contributed by atoms with Crippen molar-refractivity contribution in [1.29, 1.82) is 5.26 Å². The van der Waals surface area contributed by atoms with Crippen LogP contribution in [0.4, 0.5) is 0 Å². The van der Waals surface area contributed by atoms with Crippen LogP contribution in [0.25, 0.3) is 11.0 Å². The topological polar surface area (TPSA) is 83.1 Å². The SMILES string of the molecule is Cc1nc2ccccc2n1CC(=O)N/N=C\c1ccc(C#N)cc1. The molecule has 0 bridgehead atoms. The Balaban J connectivity index is 1.65. The number of carbonyl (C=O) groups is 1. The number of rotatable bonds is 4. The normalized spacial score (nSPS) is 10.8. The number of amides is 1. The highest BCUT2D eigenvalue weighted by molar-refractivity contribution is 5.84. The minimum absolute atomic E-state index is 0.150. The van der Waals surface area contributed by atoms with E-state index < -0.39 is 0 Å². The molecule has 3 aromatic rings. The lowest BCUT2D eigenvalue weighted by Crippen LogP contribution is -2.23. The highest BCUT2D eigenvalue weighted by Gasteiger charge is 2.09. The molecule has 2 aromatic carbocycles. The molecule has 6 heteroatoms. The molecule has 0 radical (unpaired) electrons. The summed E-state index contributed by atoms with van der Waals surface area (Å²) in [6, 6.07) is 16.7. The molecule has 1 amide bonds. The van der Waals surface area contributed by atoms with Crippen LogP contribution in [-0.2, 0) is 11.3 Å². The van der Waals surface area contributed by atoms with Crippen LogP contribution < -0.4 is 5.43 Å². The van der Waals surface area contributed by atoms with Gasteiger partial charge in [-0.1, -0.05) is 24.3 Å². The van der Waals surface area contributed by atoms with Gasteiger partial charge in [0.1, 0.15) is 12.4 Å². The van der Waals surface area contributed by atoms with Gasteiger partial charge in [0.05, 0.1) is 28.9 Å². The first-order chi connectivity index (χ1) is 11.7. The van der Waals surface area contributed by atoms with E-state index in [-0.39, 0.29) is 12.5 Å². The van der Waals surface area contributed by atoms with E-state index in [9.17, 15) is 4.79 Å². The molecular formula is C18H15N5O. The zero-order valence-corrected chi connectivity index (χ0v) is 13.1. The lowest BCUT2D eigenvalue weighted by atomic mass is 10.2. The quantitative estimate of drug-likeness (QED) is 0.592. The number of aromatic nitrogens is 2. The van der Waals surface area contributed by atoms with E-state index in [0.717, 1.165) is 22.4 Å². The van der Waals surface area contributed by atoms with Crippen LogP contribution in [0.2, 0.25) is 0 Å². The molecule has 6 nitrogen and oxygen atoms in total. The first-order valence-electron chi connectivity index (χ1n) is 7.41. The molecular weight excluding hydrogens is 302 g/mol. The van der Waals surface area contributed by atoms with Crippen LogP contribution in [0.3, 0.4) is 0 Å². The molecule has 0 aliphatic heterocycles. The van der Waals surface area contributed by atoms with Gasteiger partial charge < -0.3 is 4.57 Å². The second-order valence-electron chi connectivity index (χ2n) is 5.26. The smallest absolute Gasteiger partial charge is 0.260 e. The molecule has 0 unspecified atom stereocenters. The summed E-state index contributed by atoms with van der Waals surface area (Å²) in [6.45, 7) is 2.02. The summed E-state index contributed by atoms with van der Waals surface area (Å²) in [5.74, 6) is 0.550. The molecule has 0 aliphatic rings. The Morgan fingerprint density at radius 2 is 2.04 bits per heavy atom. The van der Waals surface area contributed by atoms with E-state index in [4.69, 9.17) is 5.26 Å². The van der Waals surface area contributed by atoms with Gasteiger partial charge in [0.2, 0.25) is 0 Å². The summed E-state index contributed by atoms with van der Waals surface area (Å²) < 4.78 is 1.85. The van der Waals surface area contributed by atoms with E-state index in [1.165, 1.54) is 6.21 Å². The van der Waals surface area contributed by atoms with Gasteiger partial charge in [0.25, 0.3) is 5.91 Å². The average molecular weight is 317 g/mol. The molecule has 3 rings (SSSR count). The minimum atomic E-state index is -0.230. The van der Waals surface area contributed by atoms with Crippen LogP contribution >= 0.6 is 0 Å². The molecule has 118 valence electrons. The maximum Gasteiger partial charge on any atom is 0.260 e. The zero-order valence-electron chi connectivity index (χ0n) is 13.1. The van der Waals surface area contributed by atoms with Gasteiger partial charge in [-0.25, -0.2) is 10.4 Å². The predicted molar refractivity (Wildman–Crippen MR) is 91.4 cm³/mol. The van der Waals surface area contributed by atoms with Gasteiger partial charge in [0, 0.05) is 0 Å². The third-order valence-corrected chi connectivity index (χ3v) is 3.59. The number of aryl methyl sites for hydroxylation is 1. The second-order valence-corrected chi connectivity index (χ2v) is 5.26. The summed E-state index contributed by atoms with van der Waals surface area (Å²) >= 11 is 0. The van der Waals surface area contributed by atoms with Crippen LogP contribution in [0.5, 0.6) is 0 Å². The standard InChI is InChI=1S/C18H15N5O/c1-13-21-16-4-2-3-5-17(16)23(13)12-18(24)22-20-11-15-8-6-14(10-19)7-9-15/h2-9,11H,12H2,1H3,(H,22,24)/b20-11-. The summed E-state index contributed by atoms with van der Waals surface area (Å²) in [7, 11) is 0. The number of nitrogens with zero attached hydrogens (tertiary/aromatic N) is 4. The van der Waals surface area contributed by atoms with Crippen molar-refractivity contribution in [3.05, 3.63) is 65.5 Å². The lowest BCUT2D eigenvalue weighted by molar-refractivity contribution is -0.121. The lowest BCUT2D eigenvalue weighted by Gasteiger charge is -2.05. The Morgan fingerprint density at radius 1 is 1.29 bits per heavy atom. The van der Waals surface area contributed by atoms with Crippen molar-refractivity contribution in [3.8, 4) is 6.07 Å². The number of benzene rings is 2. The number of hydrogen-bond acceptors (Lipinski definition) is 4. The summed E-state index contributed by atoms with van der Waals surface area (Å²) in [6.07, 6.45) is 1.54. The number of imidazole rings is 1. The largest absolute Gasteiger partial charge is 0.319 e. The van der Waals surface area contributed by atoms with Gasteiger partial charge >= 0.3 is 0 Å². The first kappa shape index (κ1) is 15.4. The van der Waals surface area contributed by atoms with Crippen molar-refractivity contribution in [2.75, 3.05) is 0 Å². The number of fused-ring (bicyclic) bond motifs is 1. The predicted octanol–water partition coefficient (Wildman–Crippen LogP) is 2.37. The molecule has 1 aromatic heterocycles. The fourth-order valence-electron chi connectivity index (χ4n) is 2.40. The number of nitriles is 1. The van der Waals surface area contributed by atoms with Gasteiger partial charge in [0.15, 0.2) is 0 Å². The first-order valence-corrected chi connectivity index (χ1v) is 7.41. The molecule has 1 N–H and O–H groups in total. The van der Waals surface area contributed by atoms with Crippen molar-refractivity contribution in [1.82, 2.24) is 15.0 Å². The Bertz CT molecular complexity index is 948. The van der Waals surface area contributed by atoms with Gasteiger partial charge in [-0.15, -0.1) is 0 Å². The number of carbonyl (C=O) groups excluding carboxylic acids is 1. The molecule has 0 aliphatic carbocycles. The van der Waals surface area contributed by atoms with Crippen molar-refractivity contribution >= 4 is 23.2 Å². The van der Waals surface area contributed by atoms with E-state index in [1.54, 1.807) is 24.3 Å². The molecule has 0 atom stereocenters. The Hall–Kier alpha value is -3.46. The Morgan fingerprint density at radius 3 is 2.79 bits per heavy atom. The maximum absolute atomic E-state index is 12.1. The molecule has 0 saturated heterocycles. The summed E-state index contributed by atoms with van der Waals surface area (Å²) in [5.41, 5.74) is 5.68. The molecule has 24 heavy (non-hydrogen) atoms. The van der Waals surface area contributed by atoms with Gasteiger partial charge in [-0.05, 0) is 36.8 Å². The third kappa shape index (κ3) is 3.31. The highest BCUT2D eigenvalue weighted by atomic mass is 16.2. The van der Waals surface area contributed by atoms with Crippen LogP contribution in [0.1, 0.15) is 17.0 Å². The van der Waals surface area contributed by atoms with E-state index in [1.807, 2.05) is 35.8 Å². The summed E-state index contributed by atoms with van der Waals surface area (Å²) in [4.78, 5) is 16.5. The van der Waals surface area contributed by atoms with E-state index >= 15 is 0 Å². The van der Waals surface area contributed by atoms with Crippen molar-refractivity contribution in [3.63, 3.8) is 0 Å². The van der Waals surface area contributed by atoms with Crippen molar-refractivity contribution in [2.45, 2.75) is 13.5 Å². The Labute approximate surface area is 139 Å². The van der Waals surface area contributed by atoms with E-state index in [0.29, 0.717) is 5.56 Å². The average Bonchev–Trinajstić information content (AvgIpc) is 2.91. The fourth-order valence-corrected chi connectivity index (χ4v) is 2.40. The number of hydrogen-bond donors (Lipinski definition) is 1. The second kappa shape index (κ2) is 6.75. The number of nitrogens with one attached hydrogen (secondary N) is 1. The maximum atomic E-state index is 12.1. The van der Waals surface area contributed by atoms with E-state index in [2.05, 4.69) is 21.6 Å². The van der Waals surface area contributed by atoms with Crippen LogP contribution in [0, 0.1) is 18.3 Å². The Kier molecular flexibility index (Phi) is 4.34. The third-order valence-electron chi connectivity index (χ3n) is 3.59. The zero-order chi connectivity index (χ0) is 16.9. The number of para-hydroxylation sites is 2. The van der Waals surface area contributed by atoms with Crippen LogP contribution in [-0.4, -0.2) is 21.7 Å². The highest BCUT2D eigenvalue weighted by Crippen LogP contribution is 2.14. The minimum Gasteiger partial charge on any atom is -0.319 e. The van der Waals surface area contributed by atoms with Gasteiger partial charge in [-0.3, -0.25) is 4.79 Å². The molecule has 1 heterocycles. The fraction of sp³-hybridized carbons (Fsp3) is 0.111. The number of hydrazone groups is 1. The van der Waals surface area contributed by atoms with Crippen molar-refractivity contribution in [2.24, 2.45) is 5.10 Å². The monoisotopic (exact) mass is 317 g/mol.